The summed E-state index contributed by atoms with van der Waals surface area (Å²) in [6.45, 7) is 3.42. The van der Waals surface area contributed by atoms with Crippen molar-refractivity contribution in [1.82, 2.24) is 10.3 Å². The minimum absolute atomic E-state index is 0.0971. The fourth-order valence-electron chi connectivity index (χ4n) is 1.80. The Morgan fingerprint density at radius 2 is 2.14 bits per heavy atom. The third-order valence-electron chi connectivity index (χ3n) is 3.14. The molecule has 2 heterocycles. The van der Waals surface area contributed by atoms with Crippen molar-refractivity contribution in [2.75, 3.05) is 6.54 Å². The summed E-state index contributed by atoms with van der Waals surface area (Å²) in [6.07, 6.45) is 0. The second kappa shape index (κ2) is 6.49. The maximum Gasteiger partial charge on any atom is 0.308 e. The van der Waals surface area contributed by atoms with Gasteiger partial charge in [-0.1, -0.05) is 6.92 Å². The van der Waals surface area contributed by atoms with E-state index in [1.54, 1.807) is 37.3 Å². The summed E-state index contributed by atoms with van der Waals surface area (Å²) in [7, 11) is 0. The zero-order valence-corrected chi connectivity index (χ0v) is 12.6. The fourth-order valence-corrected chi connectivity index (χ4v) is 2.45. The summed E-state index contributed by atoms with van der Waals surface area (Å²) in [5, 5.41) is 15.4. The largest absolute Gasteiger partial charge is 0.481 e. The van der Waals surface area contributed by atoms with Crippen molar-refractivity contribution in [3.63, 3.8) is 0 Å². The summed E-state index contributed by atoms with van der Waals surface area (Å²) < 4.78 is 0. The first-order chi connectivity index (χ1) is 9.99. The molecule has 2 aromatic heterocycles. The highest BCUT2D eigenvalue weighted by Gasteiger charge is 2.15. The Morgan fingerprint density at radius 3 is 2.71 bits per heavy atom. The number of hydrogen-bond acceptors (Lipinski definition) is 4. The van der Waals surface area contributed by atoms with Gasteiger partial charge in [0, 0.05) is 17.5 Å². The number of amides is 1. The molecule has 2 aromatic rings. The van der Waals surface area contributed by atoms with Crippen molar-refractivity contribution in [2.45, 2.75) is 13.8 Å². The number of aromatic nitrogens is 1. The summed E-state index contributed by atoms with van der Waals surface area (Å²) in [5.41, 5.74) is 2.93. The van der Waals surface area contributed by atoms with E-state index in [2.05, 4.69) is 10.3 Å². The number of nitrogens with zero attached hydrogens (tertiary/aromatic N) is 1. The second-order valence-corrected chi connectivity index (χ2v) is 5.57. The van der Waals surface area contributed by atoms with Crippen LogP contribution in [0.5, 0.6) is 0 Å². The molecule has 0 aromatic carbocycles. The number of nitrogens with one attached hydrogen (secondary N) is 1. The number of carboxylic acids is 1. The number of rotatable bonds is 5. The van der Waals surface area contributed by atoms with Crippen molar-refractivity contribution >= 4 is 23.2 Å². The molecular formula is C15H16N2O3S. The van der Waals surface area contributed by atoms with Gasteiger partial charge in [-0.15, -0.1) is 0 Å². The average molecular weight is 304 g/mol. The lowest BCUT2D eigenvalue weighted by Crippen LogP contribution is -2.32. The van der Waals surface area contributed by atoms with E-state index in [4.69, 9.17) is 5.11 Å². The van der Waals surface area contributed by atoms with E-state index in [0.717, 1.165) is 11.3 Å². The molecule has 0 bridgehead atoms. The number of carbonyl (C=O) groups excluding carboxylic acids is 1. The zero-order valence-electron chi connectivity index (χ0n) is 11.8. The molecule has 6 heteroatoms. The number of aryl methyl sites for hydroxylation is 1. The SMILES string of the molecule is Cc1nc(-c2ccsc2)ccc1C(=O)NCC(C)C(=O)O. The number of carboxylic acid groups (broad SMARTS) is 1. The highest BCUT2D eigenvalue weighted by Crippen LogP contribution is 2.21. The van der Waals surface area contributed by atoms with Gasteiger partial charge in [-0.05, 0) is 30.5 Å². The van der Waals surface area contributed by atoms with E-state index in [-0.39, 0.29) is 12.5 Å². The van der Waals surface area contributed by atoms with Crippen LogP contribution in [0.4, 0.5) is 0 Å². The van der Waals surface area contributed by atoms with E-state index < -0.39 is 11.9 Å². The van der Waals surface area contributed by atoms with Gasteiger partial charge < -0.3 is 10.4 Å². The van der Waals surface area contributed by atoms with Crippen LogP contribution in [0.3, 0.4) is 0 Å². The maximum atomic E-state index is 12.0. The second-order valence-electron chi connectivity index (χ2n) is 4.79. The monoisotopic (exact) mass is 304 g/mol. The third-order valence-corrected chi connectivity index (χ3v) is 3.82. The van der Waals surface area contributed by atoms with Crippen molar-refractivity contribution in [1.29, 1.82) is 0 Å². The number of carbonyl (C=O) groups is 2. The van der Waals surface area contributed by atoms with Gasteiger partial charge in [0.15, 0.2) is 0 Å². The molecule has 21 heavy (non-hydrogen) atoms. The summed E-state index contributed by atoms with van der Waals surface area (Å²) in [6, 6.07) is 5.49. The molecule has 1 unspecified atom stereocenters. The Morgan fingerprint density at radius 1 is 1.38 bits per heavy atom. The van der Waals surface area contributed by atoms with Crippen molar-refractivity contribution in [3.8, 4) is 11.3 Å². The highest BCUT2D eigenvalue weighted by molar-refractivity contribution is 7.08. The molecule has 0 spiro atoms. The predicted octanol–water partition coefficient (Wildman–Crippen LogP) is 2.57. The van der Waals surface area contributed by atoms with Crippen LogP contribution in [0, 0.1) is 12.8 Å². The van der Waals surface area contributed by atoms with Gasteiger partial charge in [-0.2, -0.15) is 11.3 Å². The van der Waals surface area contributed by atoms with E-state index in [1.807, 2.05) is 16.8 Å². The number of aliphatic carboxylic acids is 1. The van der Waals surface area contributed by atoms with Crippen LogP contribution >= 0.6 is 11.3 Å². The van der Waals surface area contributed by atoms with Crippen LogP contribution < -0.4 is 5.32 Å². The van der Waals surface area contributed by atoms with Crippen LogP contribution in [-0.4, -0.2) is 28.5 Å². The van der Waals surface area contributed by atoms with E-state index in [0.29, 0.717) is 11.3 Å². The number of thiophene rings is 1. The van der Waals surface area contributed by atoms with Gasteiger partial charge in [-0.25, -0.2) is 0 Å². The van der Waals surface area contributed by atoms with Crippen LogP contribution in [0.1, 0.15) is 23.0 Å². The van der Waals surface area contributed by atoms with E-state index in [1.165, 1.54) is 0 Å². The number of hydrogen-bond donors (Lipinski definition) is 2. The average Bonchev–Trinajstić information content (AvgIpc) is 2.98. The fraction of sp³-hybridized carbons (Fsp3) is 0.267. The summed E-state index contributed by atoms with van der Waals surface area (Å²) in [4.78, 5) is 27.2. The highest BCUT2D eigenvalue weighted by atomic mass is 32.1. The van der Waals surface area contributed by atoms with Crippen molar-refractivity contribution < 1.29 is 14.7 Å². The zero-order chi connectivity index (χ0) is 15.4. The molecule has 0 radical (unpaired) electrons. The van der Waals surface area contributed by atoms with Gasteiger partial charge >= 0.3 is 5.97 Å². The molecule has 0 saturated heterocycles. The van der Waals surface area contributed by atoms with Gasteiger partial charge in [0.2, 0.25) is 0 Å². The molecule has 0 aliphatic heterocycles. The van der Waals surface area contributed by atoms with Crippen molar-refractivity contribution in [2.24, 2.45) is 5.92 Å². The third kappa shape index (κ3) is 3.66. The van der Waals surface area contributed by atoms with Gasteiger partial charge in [0.1, 0.15) is 0 Å². The molecule has 110 valence electrons. The minimum Gasteiger partial charge on any atom is -0.481 e. The molecule has 1 atom stereocenters. The Labute approximate surface area is 126 Å². The predicted molar refractivity (Wildman–Crippen MR) is 81.4 cm³/mol. The maximum absolute atomic E-state index is 12.0. The Balaban J connectivity index is 2.10. The van der Waals surface area contributed by atoms with E-state index >= 15 is 0 Å². The van der Waals surface area contributed by atoms with E-state index in [9.17, 15) is 9.59 Å². The molecule has 2 N–H and O–H groups in total. The smallest absolute Gasteiger partial charge is 0.308 e. The van der Waals surface area contributed by atoms with Gasteiger partial charge in [-0.3, -0.25) is 14.6 Å². The topological polar surface area (TPSA) is 79.3 Å². The summed E-state index contributed by atoms with van der Waals surface area (Å²) >= 11 is 1.59. The molecule has 1 amide bonds. The van der Waals surface area contributed by atoms with Crippen LogP contribution in [-0.2, 0) is 4.79 Å². The first kappa shape index (κ1) is 15.2. The van der Waals surface area contributed by atoms with Crippen LogP contribution in [0.15, 0.2) is 29.0 Å². The molecule has 2 rings (SSSR count). The number of pyridine rings is 1. The molecule has 0 aliphatic rings. The lowest BCUT2D eigenvalue weighted by atomic mass is 10.1. The summed E-state index contributed by atoms with van der Waals surface area (Å²) in [5.74, 6) is -1.85. The lowest BCUT2D eigenvalue weighted by molar-refractivity contribution is -0.140. The molecule has 5 nitrogen and oxygen atoms in total. The molecular weight excluding hydrogens is 288 g/mol. The quantitative estimate of drug-likeness (QED) is 0.889. The van der Waals surface area contributed by atoms with Gasteiger partial charge in [0.05, 0.1) is 22.9 Å². The van der Waals surface area contributed by atoms with Crippen LogP contribution in [0.25, 0.3) is 11.3 Å². The molecule has 0 saturated carbocycles. The Hall–Kier alpha value is -2.21. The minimum atomic E-state index is -0.932. The van der Waals surface area contributed by atoms with Crippen molar-refractivity contribution in [3.05, 3.63) is 40.2 Å². The Kier molecular flexibility index (Phi) is 4.70. The lowest BCUT2D eigenvalue weighted by Gasteiger charge is -2.10. The molecule has 0 fully saturated rings. The van der Waals surface area contributed by atoms with Crippen LogP contribution in [0.2, 0.25) is 0 Å². The molecule has 0 aliphatic carbocycles. The standard InChI is InChI=1S/C15H16N2O3S/c1-9(15(19)20)7-16-14(18)12-3-4-13(17-10(12)2)11-5-6-21-8-11/h3-6,8-9H,7H2,1-2H3,(H,16,18)(H,19,20). The van der Waals surface area contributed by atoms with Gasteiger partial charge in [0.25, 0.3) is 5.91 Å². The first-order valence-corrected chi connectivity index (χ1v) is 7.44. The first-order valence-electron chi connectivity index (χ1n) is 6.50. The Bertz CT molecular complexity index is 653. The normalized spacial score (nSPS) is 11.9.